The highest BCUT2D eigenvalue weighted by Gasteiger charge is 2.12. The van der Waals surface area contributed by atoms with E-state index < -0.39 is 0 Å². The largest absolute Gasteiger partial charge is 0.404 e. The van der Waals surface area contributed by atoms with E-state index in [9.17, 15) is 4.79 Å². The summed E-state index contributed by atoms with van der Waals surface area (Å²) >= 11 is 0. The molecule has 0 radical (unpaired) electrons. The van der Waals surface area contributed by atoms with Crippen molar-refractivity contribution >= 4 is 5.91 Å². The Morgan fingerprint density at radius 3 is 2.89 bits per heavy atom. The van der Waals surface area contributed by atoms with E-state index in [0.717, 1.165) is 30.7 Å². The molecule has 1 fully saturated rings. The minimum Gasteiger partial charge on any atom is -0.404 e. The van der Waals surface area contributed by atoms with Gasteiger partial charge in [-0.2, -0.15) is 0 Å². The molecule has 0 aliphatic carbocycles. The molecule has 0 aromatic rings. The second kappa shape index (κ2) is 2.97. The number of hydrogen-bond donors (Lipinski definition) is 1. The van der Waals surface area contributed by atoms with E-state index in [1.807, 2.05) is 0 Å². The van der Waals surface area contributed by atoms with E-state index in [-0.39, 0.29) is 5.91 Å². The Bertz CT molecular complexity index is 111. The molecule has 1 aliphatic heterocycles. The van der Waals surface area contributed by atoms with Gasteiger partial charge < -0.3 is 4.90 Å². The molecule has 1 aliphatic rings. The summed E-state index contributed by atoms with van der Waals surface area (Å²) in [6.45, 7) is 0.929. The zero-order valence-corrected chi connectivity index (χ0v) is 5.65. The van der Waals surface area contributed by atoms with Gasteiger partial charge in [0.25, 0.3) is 5.91 Å². The van der Waals surface area contributed by atoms with Gasteiger partial charge in [0, 0.05) is 0 Å². The van der Waals surface area contributed by atoms with E-state index in [1.165, 1.54) is 6.42 Å². The molecule has 1 amide bonds. The summed E-state index contributed by atoms with van der Waals surface area (Å²) in [4.78, 5) is 11.8. The van der Waals surface area contributed by atoms with Crippen molar-refractivity contribution in [3.8, 4) is 0 Å². The molecule has 2 nitrogen and oxygen atoms in total. The van der Waals surface area contributed by atoms with E-state index in [4.69, 9.17) is 0 Å². The molecule has 0 bridgehead atoms. The van der Waals surface area contributed by atoms with Gasteiger partial charge in [0.2, 0.25) is 0 Å². The fraction of sp³-hybridized carbons (Fsp3) is 0.714. The minimum absolute atomic E-state index is 0.285. The SMILES string of the molecule is [CH2-][NH+]1CCCCCC1=O. The van der Waals surface area contributed by atoms with Crippen LogP contribution in [-0.4, -0.2) is 12.5 Å². The molecule has 52 valence electrons. The highest BCUT2D eigenvalue weighted by molar-refractivity contribution is 5.66. The van der Waals surface area contributed by atoms with Gasteiger partial charge in [-0.3, -0.25) is 0 Å². The molecule has 9 heavy (non-hydrogen) atoms. The van der Waals surface area contributed by atoms with Gasteiger partial charge in [-0.1, -0.05) is 0 Å². The van der Waals surface area contributed by atoms with E-state index in [2.05, 4.69) is 7.05 Å². The van der Waals surface area contributed by atoms with E-state index in [0.29, 0.717) is 0 Å². The van der Waals surface area contributed by atoms with Crippen LogP contribution in [0.5, 0.6) is 0 Å². The highest BCUT2D eigenvalue weighted by Crippen LogP contribution is 1.99. The molecule has 2 heteroatoms. The lowest BCUT2D eigenvalue weighted by molar-refractivity contribution is -0.770. The Morgan fingerprint density at radius 1 is 1.33 bits per heavy atom. The number of carbonyl (C=O) groups excluding carboxylic acids is 1. The molecule has 1 saturated heterocycles. The standard InChI is InChI=1S/C7H13NO/c1-8-6-4-2-3-5-7(8)9/h8H,1-6H2. The topological polar surface area (TPSA) is 21.5 Å². The predicted octanol–water partition coefficient (Wildman–Crippen LogP) is -0.237. The zero-order valence-electron chi connectivity index (χ0n) is 5.65. The first kappa shape index (κ1) is 6.75. The highest BCUT2D eigenvalue weighted by atomic mass is 16.2. The zero-order chi connectivity index (χ0) is 6.69. The molecular weight excluding hydrogens is 114 g/mol. The second-order valence-corrected chi connectivity index (χ2v) is 2.59. The Balaban J connectivity index is 2.41. The predicted molar refractivity (Wildman–Crippen MR) is 34.7 cm³/mol. The Labute approximate surface area is 55.8 Å². The Morgan fingerprint density at radius 2 is 2.11 bits per heavy atom. The normalized spacial score (nSPS) is 29.9. The van der Waals surface area contributed by atoms with Crippen molar-refractivity contribution < 1.29 is 9.69 Å². The maximum atomic E-state index is 10.9. The van der Waals surface area contributed by atoms with Gasteiger partial charge in [-0.15, -0.1) is 7.05 Å². The van der Waals surface area contributed by atoms with Crippen LogP contribution in [0.1, 0.15) is 25.7 Å². The molecular formula is C7H13NO. The summed E-state index contributed by atoms with van der Waals surface area (Å²) in [7, 11) is 3.71. The van der Waals surface area contributed by atoms with Crippen molar-refractivity contribution in [2.75, 3.05) is 6.54 Å². The molecule has 1 N–H and O–H groups in total. The van der Waals surface area contributed by atoms with Crippen LogP contribution >= 0.6 is 0 Å². The lowest BCUT2D eigenvalue weighted by atomic mass is 10.2. The van der Waals surface area contributed by atoms with E-state index in [1.54, 1.807) is 0 Å². The fourth-order valence-electron chi connectivity index (χ4n) is 1.12. The third-order valence-electron chi connectivity index (χ3n) is 1.78. The van der Waals surface area contributed by atoms with Gasteiger partial charge in [0.1, 0.15) is 0 Å². The molecule has 0 aromatic carbocycles. The molecule has 1 rings (SSSR count). The summed E-state index contributed by atoms with van der Waals surface area (Å²) in [5, 5.41) is 0. The number of quaternary nitrogens is 1. The first-order valence-corrected chi connectivity index (χ1v) is 3.51. The fourth-order valence-corrected chi connectivity index (χ4v) is 1.12. The lowest BCUT2D eigenvalue weighted by Gasteiger charge is -2.13. The third kappa shape index (κ3) is 1.79. The molecule has 0 saturated carbocycles. The lowest BCUT2D eigenvalue weighted by Crippen LogP contribution is -3.09. The number of rotatable bonds is 0. The second-order valence-electron chi connectivity index (χ2n) is 2.59. The van der Waals surface area contributed by atoms with Crippen molar-refractivity contribution in [1.29, 1.82) is 0 Å². The van der Waals surface area contributed by atoms with Crippen molar-refractivity contribution in [3.05, 3.63) is 7.05 Å². The van der Waals surface area contributed by atoms with Crippen LogP contribution < -0.4 is 4.90 Å². The number of likely N-dealkylation sites (tertiary alicyclic amines) is 1. The van der Waals surface area contributed by atoms with Crippen LogP contribution in [0.15, 0.2) is 0 Å². The van der Waals surface area contributed by atoms with Crippen LogP contribution in [0.3, 0.4) is 0 Å². The van der Waals surface area contributed by atoms with Crippen molar-refractivity contribution in [2.45, 2.75) is 25.7 Å². The summed E-state index contributed by atoms with van der Waals surface area (Å²) in [5.41, 5.74) is 0. The number of nitrogens with one attached hydrogen (secondary N) is 1. The molecule has 0 aromatic heterocycles. The van der Waals surface area contributed by atoms with Crippen LogP contribution in [-0.2, 0) is 4.79 Å². The van der Waals surface area contributed by atoms with Gasteiger partial charge in [-0.05, 0) is 19.3 Å². The number of carbonyl (C=O) groups is 1. The first-order chi connectivity index (χ1) is 4.30. The Hall–Kier alpha value is -0.370. The molecule has 0 spiro atoms. The van der Waals surface area contributed by atoms with Crippen molar-refractivity contribution in [3.63, 3.8) is 0 Å². The maximum Gasteiger partial charge on any atom is 0.286 e. The summed E-state index contributed by atoms with van der Waals surface area (Å²) < 4.78 is 0. The van der Waals surface area contributed by atoms with Gasteiger partial charge >= 0.3 is 0 Å². The smallest absolute Gasteiger partial charge is 0.286 e. The van der Waals surface area contributed by atoms with Gasteiger partial charge in [0.15, 0.2) is 0 Å². The average Bonchev–Trinajstić information content (AvgIpc) is 1.99. The van der Waals surface area contributed by atoms with Crippen LogP contribution in [0.25, 0.3) is 0 Å². The third-order valence-corrected chi connectivity index (χ3v) is 1.78. The average molecular weight is 127 g/mol. The van der Waals surface area contributed by atoms with Crippen LogP contribution in [0, 0.1) is 7.05 Å². The molecule has 1 heterocycles. The minimum atomic E-state index is 0.285. The summed E-state index contributed by atoms with van der Waals surface area (Å²) in [6.07, 6.45) is 4.16. The quantitative estimate of drug-likeness (QED) is 0.446. The maximum absolute atomic E-state index is 10.9. The molecule has 1 atom stereocenters. The first-order valence-electron chi connectivity index (χ1n) is 3.51. The van der Waals surface area contributed by atoms with Gasteiger partial charge in [-0.25, -0.2) is 4.79 Å². The van der Waals surface area contributed by atoms with Gasteiger partial charge in [0.05, 0.1) is 13.0 Å². The van der Waals surface area contributed by atoms with E-state index >= 15 is 0 Å². The number of hydrogen-bond acceptors (Lipinski definition) is 1. The Kier molecular flexibility index (Phi) is 2.22. The van der Waals surface area contributed by atoms with Crippen molar-refractivity contribution in [1.82, 2.24) is 0 Å². The monoisotopic (exact) mass is 127 g/mol. The number of amides is 1. The van der Waals surface area contributed by atoms with Crippen molar-refractivity contribution in [2.24, 2.45) is 0 Å². The summed E-state index contributed by atoms with van der Waals surface area (Å²) in [6, 6.07) is 0. The molecule has 1 unspecified atom stereocenters. The summed E-state index contributed by atoms with van der Waals surface area (Å²) in [5.74, 6) is 0.285. The van der Waals surface area contributed by atoms with Crippen LogP contribution in [0.2, 0.25) is 0 Å². The van der Waals surface area contributed by atoms with Crippen LogP contribution in [0.4, 0.5) is 0 Å².